The smallest absolute Gasteiger partial charge is 0.253 e. The van der Waals surface area contributed by atoms with Gasteiger partial charge in [0.05, 0.1) is 12.0 Å². The van der Waals surface area contributed by atoms with Gasteiger partial charge in [-0.2, -0.15) is 0 Å². The predicted molar refractivity (Wildman–Crippen MR) is 128 cm³/mol. The number of ether oxygens (including phenoxy) is 1. The van der Waals surface area contributed by atoms with Crippen molar-refractivity contribution < 1.29 is 17.9 Å². The van der Waals surface area contributed by atoms with E-state index in [0.717, 1.165) is 51.3 Å². The third-order valence-corrected chi connectivity index (χ3v) is 7.90. The Balaban J connectivity index is 1.23. The number of rotatable bonds is 6. The number of carbonyl (C=O) groups excluding carboxylic acids is 1. The third-order valence-electron chi connectivity index (χ3n) is 6.77. The lowest BCUT2D eigenvalue weighted by Crippen LogP contribution is -2.54. The first-order valence-electron chi connectivity index (χ1n) is 11.5. The molecule has 178 valence electrons. The van der Waals surface area contributed by atoms with E-state index >= 15 is 0 Å². The molecule has 2 aromatic rings. The summed E-state index contributed by atoms with van der Waals surface area (Å²) in [7, 11) is -1.57. The van der Waals surface area contributed by atoms with Crippen LogP contribution in [0.1, 0.15) is 28.8 Å². The molecule has 2 aliphatic rings. The maximum absolute atomic E-state index is 12.8. The lowest BCUT2D eigenvalue weighted by atomic mass is 10.0. The number of benzene rings is 2. The molecule has 2 aromatic carbocycles. The van der Waals surface area contributed by atoms with Crippen molar-refractivity contribution in [3.63, 3.8) is 0 Å². The summed E-state index contributed by atoms with van der Waals surface area (Å²) in [5, 5.41) is 0. The molecule has 4 rings (SSSR count). The first-order valence-corrected chi connectivity index (χ1v) is 13.4. The van der Waals surface area contributed by atoms with Crippen molar-refractivity contribution in [3.8, 4) is 5.75 Å². The summed E-state index contributed by atoms with van der Waals surface area (Å²) in [4.78, 5) is 20.0. The van der Waals surface area contributed by atoms with Crippen molar-refractivity contribution in [2.24, 2.45) is 0 Å². The Morgan fingerprint density at radius 1 is 0.909 bits per heavy atom. The first kappa shape index (κ1) is 23.7. The number of amides is 1. The quantitative estimate of drug-likeness (QED) is 0.645. The minimum atomic E-state index is -3.25. The van der Waals surface area contributed by atoms with Gasteiger partial charge in [-0.3, -0.25) is 14.6 Å². The van der Waals surface area contributed by atoms with Gasteiger partial charge in [0.25, 0.3) is 5.91 Å². The van der Waals surface area contributed by atoms with E-state index in [1.807, 2.05) is 17.0 Å². The Morgan fingerprint density at radius 3 is 2.06 bits per heavy atom. The van der Waals surface area contributed by atoms with Crippen LogP contribution in [0.15, 0.2) is 53.4 Å². The fourth-order valence-corrected chi connectivity index (χ4v) is 5.38. The molecule has 2 aliphatic heterocycles. The first-order chi connectivity index (χ1) is 15.8. The van der Waals surface area contributed by atoms with E-state index in [1.54, 1.807) is 19.2 Å². The van der Waals surface area contributed by atoms with Gasteiger partial charge in [-0.25, -0.2) is 8.42 Å². The molecule has 0 bridgehead atoms. The van der Waals surface area contributed by atoms with Crippen LogP contribution in [0.25, 0.3) is 0 Å². The van der Waals surface area contributed by atoms with Crippen LogP contribution in [0, 0.1) is 0 Å². The molecule has 0 radical (unpaired) electrons. The van der Waals surface area contributed by atoms with E-state index in [1.165, 1.54) is 24.0 Å². The standard InChI is InChI=1S/C25H33N3O4S/c1-32-23-7-3-20(4-8-23)19-26-13-11-22(12-14-26)27-15-17-28(18-16-27)25(29)21-5-9-24(10-6-21)33(2,30)31/h3-10,22H,11-19H2,1-2H3. The fraction of sp³-hybridized carbons (Fsp3) is 0.480. The molecule has 2 fully saturated rings. The Kier molecular flexibility index (Phi) is 7.36. The minimum absolute atomic E-state index is 0.0241. The lowest BCUT2D eigenvalue weighted by molar-refractivity contribution is 0.0445. The zero-order chi connectivity index (χ0) is 23.4. The van der Waals surface area contributed by atoms with Crippen LogP contribution < -0.4 is 4.74 Å². The molecule has 2 heterocycles. The summed E-state index contributed by atoms with van der Waals surface area (Å²) in [5.74, 6) is 0.866. The van der Waals surface area contributed by atoms with Crippen molar-refractivity contribution in [1.29, 1.82) is 0 Å². The molecule has 0 atom stereocenters. The van der Waals surface area contributed by atoms with Gasteiger partial charge in [0.2, 0.25) is 0 Å². The Hall–Kier alpha value is -2.42. The summed E-state index contributed by atoms with van der Waals surface area (Å²) in [5.41, 5.74) is 1.86. The van der Waals surface area contributed by atoms with Crippen LogP contribution in [0.4, 0.5) is 0 Å². The van der Waals surface area contributed by atoms with Gasteiger partial charge in [-0.05, 0) is 67.9 Å². The Morgan fingerprint density at radius 2 is 1.52 bits per heavy atom. The maximum atomic E-state index is 12.8. The van der Waals surface area contributed by atoms with Gasteiger partial charge in [0.1, 0.15) is 5.75 Å². The van der Waals surface area contributed by atoms with Crippen LogP contribution in [0.3, 0.4) is 0 Å². The molecular formula is C25H33N3O4S. The summed E-state index contributed by atoms with van der Waals surface area (Å²) in [6.45, 7) is 6.33. The lowest BCUT2D eigenvalue weighted by Gasteiger charge is -2.42. The highest BCUT2D eigenvalue weighted by molar-refractivity contribution is 7.90. The minimum Gasteiger partial charge on any atom is -0.497 e. The Labute approximate surface area is 196 Å². The molecule has 33 heavy (non-hydrogen) atoms. The maximum Gasteiger partial charge on any atom is 0.253 e. The number of likely N-dealkylation sites (tertiary alicyclic amines) is 1. The number of hydrogen-bond donors (Lipinski definition) is 0. The highest BCUT2D eigenvalue weighted by Gasteiger charge is 2.29. The summed E-state index contributed by atoms with van der Waals surface area (Å²) < 4.78 is 28.5. The molecule has 7 nitrogen and oxygen atoms in total. The molecule has 2 saturated heterocycles. The van der Waals surface area contributed by atoms with E-state index in [4.69, 9.17) is 4.74 Å². The second kappa shape index (κ2) is 10.2. The molecule has 0 saturated carbocycles. The van der Waals surface area contributed by atoms with Gasteiger partial charge in [0.15, 0.2) is 9.84 Å². The number of sulfone groups is 1. The molecule has 1 amide bonds. The van der Waals surface area contributed by atoms with Gasteiger partial charge >= 0.3 is 0 Å². The van der Waals surface area contributed by atoms with Crippen LogP contribution in [0.5, 0.6) is 5.75 Å². The van der Waals surface area contributed by atoms with Crippen LogP contribution >= 0.6 is 0 Å². The van der Waals surface area contributed by atoms with E-state index in [9.17, 15) is 13.2 Å². The number of nitrogens with zero attached hydrogens (tertiary/aromatic N) is 3. The average Bonchev–Trinajstić information content (AvgIpc) is 2.84. The van der Waals surface area contributed by atoms with Gasteiger partial charge in [0, 0.05) is 50.6 Å². The SMILES string of the molecule is COc1ccc(CN2CCC(N3CCN(C(=O)c4ccc(S(C)(=O)=O)cc4)CC3)CC2)cc1. The van der Waals surface area contributed by atoms with E-state index < -0.39 is 9.84 Å². The van der Waals surface area contributed by atoms with Crippen LogP contribution in [-0.4, -0.2) is 87.7 Å². The number of carbonyl (C=O) groups is 1. The van der Waals surface area contributed by atoms with Crippen molar-refractivity contribution in [2.45, 2.75) is 30.3 Å². The summed E-state index contributed by atoms with van der Waals surface area (Å²) in [6.07, 6.45) is 3.47. The molecule has 0 spiro atoms. The van der Waals surface area contributed by atoms with E-state index in [-0.39, 0.29) is 10.8 Å². The predicted octanol–water partition coefficient (Wildman–Crippen LogP) is 2.52. The highest BCUT2D eigenvalue weighted by Crippen LogP contribution is 2.21. The number of piperidine rings is 1. The zero-order valence-electron chi connectivity index (χ0n) is 19.4. The number of methoxy groups -OCH3 is 1. The van der Waals surface area contributed by atoms with Gasteiger partial charge < -0.3 is 9.64 Å². The number of hydrogen-bond acceptors (Lipinski definition) is 6. The van der Waals surface area contributed by atoms with Crippen molar-refractivity contribution in [2.75, 3.05) is 52.6 Å². The van der Waals surface area contributed by atoms with Gasteiger partial charge in [-0.1, -0.05) is 12.1 Å². The number of piperazine rings is 1. The average molecular weight is 472 g/mol. The molecular weight excluding hydrogens is 438 g/mol. The van der Waals surface area contributed by atoms with Crippen LogP contribution in [0.2, 0.25) is 0 Å². The second-order valence-electron chi connectivity index (χ2n) is 8.98. The van der Waals surface area contributed by atoms with Crippen LogP contribution in [-0.2, 0) is 16.4 Å². The van der Waals surface area contributed by atoms with E-state index in [2.05, 4.69) is 21.9 Å². The molecule has 8 heteroatoms. The largest absolute Gasteiger partial charge is 0.497 e. The molecule has 0 aromatic heterocycles. The Bertz CT molecular complexity index is 1040. The topological polar surface area (TPSA) is 70.2 Å². The van der Waals surface area contributed by atoms with E-state index in [0.29, 0.717) is 24.7 Å². The normalized spacial score (nSPS) is 18.9. The second-order valence-corrected chi connectivity index (χ2v) is 11.0. The zero-order valence-corrected chi connectivity index (χ0v) is 20.3. The third kappa shape index (κ3) is 5.93. The summed E-state index contributed by atoms with van der Waals surface area (Å²) >= 11 is 0. The van der Waals surface area contributed by atoms with Crippen molar-refractivity contribution in [1.82, 2.24) is 14.7 Å². The highest BCUT2D eigenvalue weighted by atomic mass is 32.2. The monoisotopic (exact) mass is 471 g/mol. The molecule has 0 aliphatic carbocycles. The van der Waals surface area contributed by atoms with Crippen molar-refractivity contribution >= 4 is 15.7 Å². The summed E-state index contributed by atoms with van der Waals surface area (Å²) in [6, 6.07) is 15.1. The van der Waals surface area contributed by atoms with Gasteiger partial charge in [-0.15, -0.1) is 0 Å². The molecule has 0 unspecified atom stereocenters. The fourth-order valence-electron chi connectivity index (χ4n) is 4.75. The molecule has 0 N–H and O–H groups in total. The van der Waals surface area contributed by atoms with Crippen molar-refractivity contribution in [3.05, 3.63) is 59.7 Å².